The van der Waals surface area contributed by atoms with E-state index in [4.69, 9.17) is 4.74 Å². The largest absolute Gasteiger partial charge is 0.487 e. The second-order valence-corrected chi connectivity index (χ2v) is 13.4. The summed E-state index contributed by atoms with van der Waals surface area (Å²) in [6.07, 6.45) is 1.60. The van der Waals surface area contributed by atoms with E-state index in [2.05, 4.69) is 69.7 Å². The minimum Gasteiger partial charge on any atom is -0.487 e. The number of benzene rings is 4. The minimum absolute atomic E-state index is 0.0708. The molecule has 2 N–H and O–H groups in total. The molecule has 0 aliphatic rings. The van der Waals surface area contributed by atoms with E-state index < -0.39 is 22.0 Å². The van der Waals surface area contributed by atoms with Crippen LogP contribution in [0, 0.1) is 3.57 Å². The Hall–Kier alpha value is -2.58. The van der Waals surface area contributed by atoms with Crippen LogP contribution in [-0.4, -0.2) is 26.6 Å². The van der Waals surface area contributed by atoms with E-state index in [0.717, 1.165) is 19.2 Å². The Bertz CT molecular complexity index is 1590. The molecule has 7 nitrogen and oxygen atoms in total. The molecule has 0 saturated carbocycles. The van der Waals surface area contributed by atoms with Crippen molar-refractivity contribution in [3.63, 3.8) is 0 Å². The zero-order chi connectivity index (χ0) is 28.5. The van der Waals surface area contributed by atoms with Crippen LogP contribution < -0.4 is 14.9 Å². The van der Waals surface area contributed by atoms with Crippen molar-refractivity contribution in [3.05, 3.63) is 126 Å². The van der Waals surface area contributed by atoms with E-state index in [1.54, 1.807) is 12.1 Å². The first kappa shape index (κ1) is 30.4. The molecule has 4 aromatic rings. The van der Waals surface area contributed by atoms with Crippen LogP contribution >= 0.6 is 54.5 Å². The molecular weight excluding hydrogens is 773 g/mol. The maximum absolute atomic E-state index is 13.2. The van der Waals surface area contributed by atoms with E-state index in [1.807, 2.05) is 72.8 Å². The number of sulfonamides is 1. The highest BCUT2D eigenvalue weighted by Crippen LogP contribution is 2.32. The Balaban J connectivity index is 1.53. The van der Waals surface area contributed by atoms with Gasteiger partial charge in [0.25, 0.3) is 5.91 Å². The Morgan fingerprint density at radius 1 is 0.925 bits per heavy atom. The molecule has 0 unspecified atom stereocenters. The summed E-state index contributed by atoms with van der Waals surface area (Å²) in [6.45, 7) is 0.341. The molecule has 0 aromatic heterocycles. The summed E-state index contributed by atoms with van der Waals surface area (Å²) < 4.78 is 37.2. The lowest BCUT2D eigenvalue weighted by Crippen LogP contribution is -2.46. The quantitative estimate of drug-likeness (QED) is 0.104. The Morgan fingerprint density at radius 3 is 2.20 bits per heavy atom. The number of hydrogen-bond donors (Lipinski definition) is 2. The second-order valence-electron chi connectivity index (χ2n) is 8.63. The van der Waals surface area contributed by atoms with Crippen LogP contribution in [0.25, 0.3) is 0 Å². The minimum atomic E-state index is -3.97. The van der Waals surface area contributed by atoms with Crippen molar-refractivity contribution < 1.29 is 17.9 Å². The van der Waals surface area contributed by atoms with Gasteiger partial charge in [-0.05, 0) is 92.5 Å². The molecular formula is C29H24Br2IN3O4S. The van der Waals surface area contributed by atoms with Gasteiger partial charge in [0.15, 0.2) is 0 Å². The van der Waals surface area contributed by atoms with Gasteiger partial charge >= 0.3 is 0 Å². The number of halogens is 3. The molecule has 0 bridgehead atoms. The van der Waals surface area contributed by atoms with Gasteiger partial charge in [-0.1, -0.05) is 76.6 Å². The number of hydrogen-bond acceptors (Lipinski definition) is 5. The Morgan fingerprint density at radius 2 is 1.55 bits per heavy atom. The molecule has 0 aliphatic carbocycles. The number of amides is 1. The fraction of sp³-hybridized carbons (Fsp3) is 0.103. The molecule has 0 aliphatic heterocycles. The van der Waals surface area contributed by atoms with Gasteiger partial charge in [0.2, 0.25) is 10.0 Å². The van der Waals surface area contributed by atoms with Gasteiger partial charge in [-0.3, -0.25) is 4.79 Å². The van der Waals surface area contributed by atoms with Crippen LogP contribution in [0.2, 0.25) is 0 Å². The number of carbonyl (C=O) groups excluding carboxylic acids is 1. The SMILES string of the molecule is O=C(N/N=C\c1cc(Br)cc(Br)c1OCc1ccccc1)[C@@H](Cc1ccccc1)NS(=O)(=O)c1ccc(I)cc1. The van der Waals surface area contributed by atoms with Gasteiger partial charge in [-0.15, -0.1) is 0 Å². The highest BCUT2D eigenvalue weighted by molar-refractivity contribution is 14.1. The van der Waals surface area contributed by atoms with Crippen LogP contribution in [0.1, 0.15) is 16.7 Å². The summed E-state index contributed by atoms with van der Waals surface area (Å²) in [7, 11) is -3.97. The average molecular weight is 797 g/mol. The highest BCUT2D eigenvalue weighted by atomic mass is 127. The molecule has 0 spiro atoms. The van der Waals surface area contributed by atoms with Gasteiger partial charge in [-0.2, -0.15) is 9.82 Å². The van der Waals surface area contributed by atoms with Crippen molar-refractivity contribution in [2.45, 2.75) is 24.0 Å². The molecule has 4 rings (SSSR count). The zero-order valence-corrected chi connectivity index (χ0v) is 27.1. The van der Waals surface area contributed by atoms with Crippen LogP contribution in [0.3, 0.4) is 0 Å². The van der Waals surface area contributed by atoms with Gasteiger partial charge in [-0.25, -0.2) is 13.8 Å². The molecule has 206 valence electrons. The van der Waals surface area contributed by atoms with Crippen molar-refractivity contribution in [2.75, 3.05) is 0 Å². The van der Waals surface area contributed by atoms with Gasteiger partial charge in [0, 0.05) is 13.6 Å². The lowest BCUT2D eigenvalue weighted by atomic mass is 10.1. The summed E-state index contributed by atoms with van der Waals surface area (Å²) in [5, 5.41) is 4.13. The average Bonchev–Trinajstić information content (AvgIpc) is 2.93. The predicted molar refractivity (Wildman–Crippen MR) is 172 cm³/mol. The van der Waals surface area contributed by atoms with E-state index >= 15 is 0 Å². The van der Waals surface area contributed by atoms with E-state index in [9.17, 15) is 13.2 Å². The van der Waals surface area contributed by atoms with E-state index in [0.29, 0.717) is 22.4 Å². The van der Waals surface area contributed by atoms with Crippen molar-refractivity contribution in [3.8, 4) is 5.75 Å². The normalized spacial score (nSPS) is 12.3. The Labute approximate surface area is 263 Å². The predicted octanol–water partition coefficient (Wildman–Crippen LogP) is 6.44. The van der Waals surface area contributed by atoms with Crippen molar-refractivity contribution >= 4 is 76.6 Å². The van der Waals surface area contributed by atoms with Gasteiger partial charge in [0.05, 0.1) is 15.6 Å². The van der Waals surface area contributed by atoms with Gasteiger partial charge in [0.1, 0.15) is 18.4 Å². The standard InChI is InChI=1S/C29H24Br2IN3O4S/c30-23-16-22(28(26(31)17-23)39-19-21-9-5-2-6-10-21)18-33-34-29(36)27(15-20-7-3-1-4-8-20)35-40(37,38)25-13-11-24(32)12-14-25/h1-14,16-18,27,35H,15,19H2,(H,34,36)/b33-18-/t27-/m1/s1. The Kier molecular flexibility index (Phi) is 10.9. The maximum Gasteiger partial charge on any atom is 0.258 e. The number of ether oxygens (including phenoxy) is 1. The smallest absolute Gasteiger partial charge is 0.258 e. The molecule has 11 heteroatoms. The number of carbonyl (C=O) groups is 1. The summed E-state index contributed by atoms with van der Waals surface area (Å²) in [4.78, 5) is 13.3. The maximum atomic E-state index is 13.2. The van der Waals surface area contributed by atoms with Crippen LogP contribution in [0.15, 0.2) is 116 Å². The third-order valence-corrected chi connectivity index (χ3v) is 8.92. The first-order valence-corrected chi connectivity index (χ1v) is 16.2. The van der Waals surface area contributed by atoms with Gasteiger partial charge < -0.3 is 4.74 Å². The summed E-state index contributed by atoms with van der Waals surface area (Å²) >= 11 is 9.10. The third-order valence-electron chi connectivity index (χ3n) is 5.66. The summed E-state index contributed by atoms with van der Waals surface area (Å²) in [6, 6.07) is 27.9. The van der Waals surface area contributed by atoms with Crippen LogP contribution in [0.4, 0.5) is 0 Å². The molecule has 0 heterocycles. The number of nitrogens with zero attached hydrogens (tertiary/aromatic N) is 1. The zero-order valence-electron chi connectivity index (χ0n) is 20.9. The van der Waals surface area contributed by atoms with Crippen LogP contribution in [0.5, 0.6) is 5.75 Å². The first-order valence-electron chi connectivity index (χ1n) is 12.0. The molecule has 1 atom stereocenters. The lowest BCUT2D eigenvalue weighted by Gasteiger charge is -2.17. The molecule has 1 amide bonds. The lowest BCUT2D eigenvalue weighted by molar-refractivity contribution is -0.122. The highest BCUT2D eigenvalue weighted by Gasteiger charge is 2.26. The monoisotopic (exact) mass is 795 g/mol. The summed E-state index contributed by atoms with van der Waals surface area (Å²) in [5.74, 6) is -0.0553. The van der Waals surface area contributed by atoms with E-state index in [-0.39, 0.29) is 11.3 Å². The van der Waals surface area contributed by atoms with Crippen molar-refractivity contribution in [2.24, 2.45) is 5.10 Å². The number of rotatable bonds is 11. The van der Waals surface area contributed by atoms with Crippen LogP contribution in [-0.2, 0) is 27.8 Å². The second kappa shape index (κ2) is 14.4. The van der Waals surface area contributed by atoms with Crippen molar-refractivity contribution in [1.29, 1.82) is 0 Å². The molecule has 4 aromatic carbocycles. The first-order chi connectivity index (χ1) is 19.2. The summed E-state index contributed by atoms with van der Waals surface area (Å²) in [5.41, 5.74) is 4.89. The van der Waals surface area contributed by atoms with E-state index in [1.165, 1.54) is 18.3 Å². The van der Waals surface area contributed by atoms with Crippen molar-refractivity contribution in [1.82, 2.24) is 10.1 Å². The number of hydrazone groups is 1. The third kappa shape index (κ3) is 8.71. The molecule has 0 fully saturated rings. The fourth-order valence-electron chi connectivity index (χ4n) is 3.71. The fourth-order valence-corrected chi connectivity index (χ4v) is 6.64. The number of nitrogens with one attached hydrogen (secondary N) is 2. The molecule has 0 saturated heterocycles. The topological polar surface area (TPSA) is 96.9 Å². The molecule has 40 heavy (non-hydrogen) atoms. The molecule has 0 radical (unpaired) electrons.